The van der Waals surface area contributed by atoms with Crippen molar-refractivity contribution in [2.24, 2.45) is 11.8 Å². The van der Waals surface area contributed by atoms with Gasteiger partial charge in [0, 0.05) is 25.6 Å². The van der Waals surface area contributed by atoms with Gasteiger partial charge in [0.2, 0.25) is 5.91 Å². The molecule has 0 aromatic carbocycles. The van der Waals surface area contributed by atoms with Crippen LogP contribution in [0.4, 0.5) is 0 Å². The minimum atomic E-state index is 0.444. The molecule has 0 spiro atoms. The highest BCUT2D eigenvalue weighted by atomic mass is 16.2. The van der Waals surface area contributed by atoms with E-state index in [1.807, 2.05) is 0 Å². The minimum absolute atomic E-state index is 0.444. The normalized spacial score (nSPS) is 29.5. The molecule has 3 rings (SSSR count). The molecule has 2 heterocycles. The maximum Gasteiger partial charge on any atom is 0.222 e. The Morgan fingerprint density at radius 1 is 0.905 bits per heavy atom. The highest BCUT2D eigenvalue weighted by molar-refractivity contribution is 5.76. The Morgan fingerprint density at radius 2 is 1.62 bits per heavy atom. The van der Waals surface area contributed by atoms with Gasteiger partial charge in [0.25, 0.3) is 0 Å². The molecule has 1 unspecified atom stereocenters. The molecule has 3 aliphatic rings. The molecule has 2 aliphatic heterocycles. The second kappa shape index (κ2) is 7.62. The number of nitrogens with one attached hydrogen (secondary N) is 1. The quantitative estimate of drug-likeness (QED) is 0.809. The van der Waals surface area contributed by atoms with Gasteiger partial charge in [-0.15, -0.1) is 0 Å². The Morgan fingerprint density at radius 3 is 2.24 bits per heavy atom. The van der Waals surface area contributed by atoms with Crippen LogP contribution in [0.5, 0.6) is 0 Å². The summed E-state index contributed by atoms with van der Waals surface area (Å²) in [5.41, 5.74) is 0. The molecule has 3 nitrogen and oxygen atoms in total. The van der Waals surface area contributed by atoms with Gasteiger partial charge in [-0.05, 0) is 56.9 Å². The van der Waals surface area contributed by atoms with Crippen molar-refractivity contribution in [2.45, 2.75) is 76.7 Å². The van der Waals surface area contributed by atoms with E-state index in [4.69, 9.17) is 0 Å². The number of hydrogen-bond acceptors (Lipinski definition) is 2. The molecule has 120 valence electrons. The summed E-state index contributed by atoms with van der Waals surface area (Å²) < 4.78 is 0. The second-order valence-corrected chi connectivity index (χ2v) is 7.48. The van der Waals surface area contributed by atoms with Crippen molar-refractivity contribution in [3.05, 3.63) is 0 Å². The predicted octanol–water partition coefficient (Wildman–Crippen LogP) is 3.34. The lowest BCUT2D eigenvalue weighted by Crippen LogP contribution is -2.43. The first kappa shape index (κ1) is 15.3. The zero-order chi connectivity index (χ0) is 14.5. The van der Waals surface area contributed by atoms with Crippen LogP contribution in [-0.4, -0.2) is 36.5 Å². The predicted molar refractivity (Wildman–Crippen MR) is 86.1 cm³/mol. The zero-order valence-corrected chi connectivity index (χ0v) is 13.5. The number of likely N-dealkylation sites (tertiary alicyclic amines) is 1. The van der Waals surface area contributed by atoms with Crippen molar-refractivity contribution in [1.82, 2.24) is 10.2 Å². The summed E-state index contributed by atoms with van der Waals surface area (Å²) >= 11 is 0. The van der Waals surface area contributed by atoms with Gasteiger partial charge in [0.05, 0.1) is 0 Å². The first-order valence-corrected chi connectivity index (χ1v) is 9.34. The number of piperidine rings is 1. The molecule has 1 atom stereocenters. The molecule has 21 heavy (non-hydrogen) atoms. The third-order valence-electron chi connectivity index (χ3n) is 6.00. The van der Waals surface area contributed by atoms with Gasteiger partial charge in [-0.2, -0.15) is 0 Å². The van der Waals surface area contributed by atoms with E-state index < -0.39 is 0 Å². The highest BCUT2D eigenvalue weighted by Crippen LogP contribution is 2.29. The average molecular weight is 292 g/mol. The molecule has 0 aromatic rings. The molecule has 3 heteroatoms. The fraction of sp³-hybridized carbons (Fsp3) is 0.944. The molecule has 1 aliphatic carbocycles. The van der Waals surface area contributed by atoms with Crippen molar-refractivity contribution in [1.29, 1.82) is 0 Å². The average Bonchev–Trinajstić information content (AvgIpc) is 2.93. The fourth-order valence-corrected chi connectivity index (χ4v) is 4.61. The maximum atomic E-state index is 12.5. The van der Waals surface area contributed by atoms with Crippen LogP contribution in [0.25, 0.3) is 0 Å². The van der Waals surface area contributed by atoms with E-state index in [0.717, 1.165) is 31.5 Å². The monoisotopic (exact) mass is 292 g/mol. The van der Waals surface area contributed by atoms with Crippen LogP contribution in [0.2, 0.25) is 0 Å². The summed E-state index contributed by atoms with van der Waals surface area (Å²) in [6, 6.07) is 0.740. The lowest BCUT2D eigenvalue weighted by Gasteiger charge is -2.35. The van der Waals surface area contributed by atoms with E-state index in [0.29, 0.717) is 11.8 Å². The summed E-state index contributed by atoms with van der Waals surface area (Å²) in [5.74, 6) is 1.93. The van der Waals surface area contributed by atoms with Gasteiger partial charge in [0.15, 0.2) is 0 Å². The molecule has 1 N–H and O–H groups in total. The molecule has 0 aromatic heterocycles. The minimum Gasteiger partial charge on any atom is -0.343 e. The Labute approximate surface area is 129 Å². The van der Waals surface area contributed by atoms with E-state index in [1.165, 1.54) is 70.8 Å². The van der Waals surface area contributed by atoms with E-state index >= 15 is 0 Å². The van der Waals surface area contributed by atoms with E-state index in [2.05, 4.69) is 10.2 Å². The molecule has 2 saturated heterocycles. The lowest BCUT2D eigenvalue weighted by atomic mass is 9.88. The number of hydrogen-bond donors (Lipinski definition) is 1. The highest BCUT2D eigenvalue weighted by Gasteiger charge is 2.30. The van der Waals surface area contributed by atoms with E-state index in [9.17, 15) is 4.79 Å². The lowest BCUT2D eigenvalue weighted by molar-refractivity contribution is -0.133. The van der Waals surface area contributed by atoms with Gasteiger partial charge in [-0.3, -0.25) is 4.79 Å². The van der Waals surface area contributed by atoms with Crippen molar-refractivity contribution in [3.8, 4) is 0 Å². The van der Waals surface area contributed by atoms with Gasteiger partial charge < -0.3 is 10.2 Å². The van der Waals surface area contributed by atoms with Gasteiger partial charge in [0.1, 0.15) is 0 Å². The van der Waals surface area contributed by atoms with Crippen LogP contribution < -0.4 is 5.32 Å². The fourth-order valence-electron chi connectivity index (χ4n) is 4.61. The number of amides is 1. The molecule has 1 amide bonds. The molecule has 3 fully saturated rings. The third-order valence-corrected chi connectivity index (χ3v) is 6.00. The molecular formula is C18H32N2O. The van der Waals surface area contributed by atoms with Crippen molar-refractivity contribution < 1.29 is 4.79 Å². The number of carbonyl (C=O) groups is 1. The standard InChI is InChI=1S/C18H32N2O/c21-18(14-15-6-3-1-2-4-7-15)20-12-9-16(10-13-20)17-8-5-11-19-17/h15-17,19H,1-14H2. The number of rotatable bonds is 3. The first-order chi connectivity index (χ1) is 10.3. The van der Waals surface area contributed by atoms with Gasteiger partial charge in [-0.1, -0.05) is 25.7 Å². The van der Waals surface area contributed by atoms with Crippen LogP contribution in [0.3, 0.4) is 0 Å². The topological polar surface area (TPSA) is 32.3 Å². The molecule has 1 saturated carbocycles. The molecular weight excluding hydrogens is 260 g/mol. The summed E-state index contributed by atoms with van der Waals surface area (Å²) in [6.45, 7) is 3.22. The second-order valence-electron chi connectivity index (χ2n) is 7.48. The van der Waals surface area contributed by atoms with Crippen molar-refractivity contribution in [3.63, 3.8) is 0 Å². The summed E-state index contributed by atoms with van der Waals surface area (Å²) in [4.78, 5) is 14.7. The molecule has 0 bridgehead atoms. The Kier molecular flexibility index (Phi) is 5.56. The first-order valence-electron chi connectivity index (χ1n) is 9.34. The third kappa shape index (κ3) is 4.21. The number of nitrogens with zero attached hydrogens (tertiary/aromatic N) is 1. The van der Waals surface area contributed by atoms with Crippen molar-refractivity contribution >= 4 is 5.91 Å². The Bertz CT molecular complexity index is 322. The van der Waals surface area contributed by atoms with Crippen LogP contribution in [0.15, 0.2) is 0 Å². The largest absolute Gasteiger partial charge is 0.343 e. The van der Waals surface area contributed by atoms with Crippen LogP contribution in [-0.2, 0) is 4.79 Å². The van der Waals surface area contributed by atoms with Crippen molar-refractivity contribution in [2.75, 3.05) is 19.6 Å². The zero-order valence-electron chi connectivity index (χ0n) is 13.5. The SMILES string of the molecule is O=C(CC1CCCCCC1)N1CCC(C2CCCN2)CC1. The van der Waals surface area contributed by atoms with Crippen LogP contribution >= 0.6 is 0 Å². The molecule has 0 radical (unpaired) electrons. The van der Waals surface area contributed by atoms with Gasteiger partial charge in [-0.25, -0.2) is 0 Å². The smallest absolute Gasteiger partial charge is 0.222 e. The summed E-state index contributed by atoms with van der Waals surface area (Å²) in [7, 11) is 0. The maximum absolute atomic E-state index is 12.5. The Balaban J connectivity index is 1.41. The summed E-state index contributed by atoms with van der Waals surface area (Å²) in [5, 5.41) is 3.64. The number of carbonyl (C=O) groups excluding carboxylic acids is 1. The van der Waals surface area contributed by atoms with E-state index in [1.54, 1.807) is 0 Å². The van der Waals surface area contributed by atoms with Crippen LogP contribution in [0, 0.1) is 11.8 Å². The van der Waals surface area contributed by atoms with Gasteiger partial charge >= 0.3 is 0 Å². The van der Waals surface area contributed by atoms with Crippen LogP contribution in [0.1, 0.15) is 70.6 Å². The summed E-state index contributed by atoms with van der Waals surface area (Å²) in [6.07, 6.45) is 14.0. The Hall–Kier alpha value is -0.570. The van der Waals surface area contributed by atoms with E-state index in [-0.39, 0.29) is 0 Å².